The topological polar surface area (TPSA) is 67.6 Å². The first-order valence-corrected chi connectivity index (χ1v) is 3.50. The molecule has 12 heavy (non-hydrogen) atoms. The smallest absolute Gasteiger partial charge is 0.219 e. The lowest BCUT2D eigenvalue weighted by molar-refractivity contribution is 1.19. The third-order valence-electron chi connectivity index (χ3n) is 1.08. The van der Waals surface area contributed by atoms with Crippen LogP contribution in [0, 0.1) is 0 Å². The van der Waals surface area contributed by atoms with Gasteiger partial charge >= 0.3 is 0 Å². The fraction of sp³-hybridized carbons (Fsp3) is 0. The Morgan fingerprint density at radius 2 is 1.58 bits per heavy atom. The van der Waals surface area contributed by atoms with Crippen molar-refractivity contribution in [3.63, 3.8) is 0 Å². The third-order valence-corrected chi connectivity index (χ3v) is 1.08. The Balaban J connectivity index is 0.000000127. The number of nitrogens with one attached hydrogen (secondary N) is 1. The summed E-state index contributed by atoms with van der Waals surface area (Å²) in [5.74, 6) is 0.322. The highest BCUT2D eigenvalue weighted by molar-refractivity contribution is 5.11. The molecule has 2 aromatic rings. The Bertz CT molecular complexity index is 260. The van der Waals surface area contributed by atoms with Crippen molar-refractivity contribution in [1.82, 2.24) is 15.0 Å². The second kappa shape index (κ2) is 4.90. The summed E-state index contributed by atoms with van der Waals surface area (Å²) in [4.78, 5) is 10.2. The van der Waals surface area contributed by atoms with Gasteiger partial charge in [-0.3, -0.25) is 0 Å². The molecule has 0 atom stereocenters. The Hall–Kier alpha value is -1.84. The lowest BCUT2D eigenvalue weighted by Gasteiger charge is -1.82. The Labute approximate surface area is 70.5 Å². The van der Waals surface area contributed by atoms with Gasteiger partial charge < -0.3 is 10.7 Å². The van der Waals surface area contributed by atoms with E-state index < -0.39 is 0 Å². The van der Waals surface area contributed by atoms with Crippen molar-refractivity contribution >= 4 is 5.95 Å². The molecule has 0 saturated carbocycles. The maximum absolute atomic E-state index is 5.14. The average molecular weight is 162 g/mol. The molecular formula is C8H10N4. The normalized spacial score (nSPS) is 8.33. The minimum absolute atomic E-state index is 0.322. The predicted octanol–water partition coefficient (Wildman–Crippen LogP) is 1.07. The summed E-state index contributed by atoms with van der Waals surface area (Å²) >= 11 is 0. The molecule has 0 fully saturated rings. The summed E-state index contributed by atoms with van der Waals surface area (Å²) in [6, 6.07) is 5.61. The monoisotopic (exact) mass is 162 g/mol. The summed E-state index contributed by atoms with van der Waals surface area (Å²) in [7, 11) is 0. The zero-order valence-electron chi connectivity index (χ0n) is 6.51. The number of aromatic nitrogens is 3. The van der Waals surface area contributed by atoms with Gasteiger partial charge in [0.1, 0.15) is 0 Å². The van der Waals surface area contributed by atoms with Gasteiger partial charge in [0, 0.05) is 24.8 Å². The molecule has 0 aliphatic carbocycles. The van der Waals surface area contributed by atoms with Crippen LogP contribution in [0.4, 0.5) is 5.95 Å². The van der Waals surface area contributed by atoms with Crippen LogP contribution in [0.3, 0.4) is 0 Å². The maximum atomic E-state index is 5.14. The molecule has 2 aromatic heterocycles. The van der Waals surface area contributed by atoms with Crippen molar-refractivity contribution in [2.75, 3.05) is 5.73 Å². The van der Waals surface area contributed by atoms with Gasteiger partial charge in [-0.25, -0.2) is 9.97 Å². The van der Waals surface area contributed by atoms with Crippen LogP contribution in [-0.4, -0.2) is 15.0 Å². The molecule has 2 rings (SSSR count). The molecule has 2 heterocycles. The van der Waals surface area contributed by atoms with Gasteiger partial charge in [0.15, 0.2) is 0 Å². The van der Waals surface area contributed by atoms with Gasteiger partial charge in [-0.05, 0) is 18.2 Å². The second-order valence-corrected chi connectivity index (χ2v) is 1.99. The van der Waals surface area contributed by atoms with Crippen molar-refractivity contribution < 1.29 is 0 Å². The number of hydrogen-bond donors (Lipinski definition) is 2. The Kier molecular flexibility index (Phi) is 3.37. The summed E-state index contributed by atoms with van der Waals surface area (Å²) in [5, 5.41) is 0. The number of nitrogens with zero attached hydrogens (tertiary/aromatic N) is 2. The molecule has 0 spiro atoms. The molecule has 0 amide bonds. The largest absolute Gasteiger partial charge is 0.368 e. The molecule has 4 heteroatoms. The fourth-order valence-corrected chi connectivity index (χ4v) is 0.588. The minimum Gasteiger partial charge on any atom is -0.368 e. The van der Waals surface area contributed by atoms with Crippen molar-refractivity contribution in [3.8, 4) is 0 Å². The zero-order valence-corrected chi connectivity index (χ0v) is 6.51. The van der Waals surface area contributed by atoms with E-state index in [0.717, 1.165) is 0 Å². The van der Waals surface area contributed by atoms with E-state index in [1.807, 2.05) is 24.5 Å². The number of anilines is 1. The first kappa shape index (κ1) is 8.26. The zero-order chi connectivity index (χ0) is 8.65. The van der Waals surface area contributed by atoms with E-state index in [1.54, 1.807) is 18.5 Å². The van der Waals surface area contributed by atoms with E-state index in [0.29, 0.717) is 5.95 Å². The average Bonchev–Trinajstić information content (AvgIpc) is 2.62. The van der Waals surface area contributed by atoms with Crippen LogP contribution in [0.25, 0.3) is 0 Å². The maximum Gasteiger partial charge on any atom is 0.219 e. The van der Waals surface area contributed by atoms with Gasteiger partial charge in [-0.15, -0.1) is 0 Å². The van der Waals surface area contributed by atoms with Crippen molar-refractivity contribution in [2.24, 2.45) is 0 Å². The van der Waals surface area contributed by atoms with Crippen LogP contribution in [-0.2, 0) is 0 Å². The molecule has 3 N–H and O–H groups in total. The lowest BCUT2D eigenvalue weighted by Crippen LogP contribution is -1.90. The van der Waals surface area contributed by atoms with Crippen LogP contribution in [0.5, 0.6) is 0 Å². The Morgan fingerprint density at radius 3 is 1.83 bits per heavy atom. The highest BCUT2D eigenvalue weighted by atomic mass is 15.0. The molecule has 62 valence electrons. The standard InChI is InChI=1S/C4H5N3.C4H5N/c5-4-6-2-1-3-7-4;1-2-4-5-3-1/h1-3H,(H2,5,6,7);1-5H. The molecule has 0 aliphatic rings. The van der Waals surface area contributed by atoms with Gasteiger partial charge in [-0.1, -0.05) is 0 Å². The van der Waals surface area contributed by atoms with Crippen LogP contribution in [0.2, 0.25) is 0 Å². The predicted molar refractivity (Wildman–Crippen MR) is 47.2 cm³/mol. The Morgan fingerprint density at radius 1 is 1.00 bits per heavy atom. The molecular weight excluding hydrogens is 152 g/mol. The third kappa shape index (κ3) is 3.36. The number of aromatic amines is 1. The molecule has 4 nitrogen and oxygen atoms in total. The summed E-state index contributed by atoms with van der Waals surface area (Å²) in [6.07, 6.45) is 6.95. The first-order valence-electron chi connectivity index (χ1n) is 3.50. The minimum atomic E-state index is 0.322. The number of nitrogen functional groups attached to an aromatic ring is 1. The first-order chi connectivity index (χ1) is 5.89. The van der Waals surface area contributed by atoms with Crippen LogP contribution >= 0.6 is 0 Å². The number of H-pyrrole nitrogens is 1. The molecule has 0 radical (unpaired) electrons. The molecule has 0 aliphatic heterocycles. The SMILES string of the molecule is Nc1ncccn1.c1cc[nH]c1. The van der Waals surface area contributed by atoms with Gasteiger partial charge in [0.2, 0.25) is 5.95 Å². The van der Waals surface area contributed by atoms with Gasteiger partial charge in [0.25, 0.3) is 0 Å². The summed E-state index contributed by atoms with van der Waals surface area (Å²) in [6.45, 7) is 0. The van der Waals surface area contributed by atoms with E-state index in [4.69, 9.17) is 5.73 Å². The molecule has 0 saturated heterocycles. The summed E-state index contributed by atoms with van der Waals surface area (Å²) < 4.78 is 0. The fourth-order valence-electron chi connectivity index (χ4n) is 0.588. The lowest BCUT2D eigenvalue weighted by atomic mass is 10.7. The summed E-state index contributed by atoms with van der Waals surface area (Å²) in [5.41, 5.74) is 5.14. The van der Waals surface area contributed by atoms with E-state index in [9.17, 15) is 0 Å². The van der Waals surface area contributed by atoms with E-state index in [-0.39, 0.29) is 0 Å². The number of hydrogen-bond acceptors (Lipinski definition) is 3. The van der Waals surface area contributed by atoms with E-state index >= 15 is 0 Å². The van der Waals surface area contributed by atoms with Gasteiger partial charge in [-0.2, -0.15) is 0 Å². The van der Waals surface area contributed by atoms with Crippen molar-refractivity contribution in [3.05, 3.63) is 43.0 Å². The van der Waals surface area contributed by atoms with Crippen LogP contribution < -0.4 is 5.73 Å². The highest BCUT2D eigenvalue weighted by Crippen LogP contribution is 1.81. The number of rotatable bonds is 0. The number of nitrogens with two attached hydrogens (primary N) is 1. The molecule has 0 unspecified atom stereocenters. The second-order valence-electron chi connectivity index (χ2n) is 1.99. The quantitative estimate of drug-likeness (QED) is 0.609. The van der Waals surface area contributed by atoms with Crippen LogP contribution in [0.15, 0.2) is 43.0 Å². The van der Waals surface area contributed by atoms with E-state index in [1.165, 1.54) is 0 Å². The van der Waals surface area contributed by atoms with Crippen molar-refractivity contribution in [1.29, 1.82) is 0 Å². The van der Waals surface area contributed by atoms with Crippen molar-refractivity contribution in [2.45, 2.75) is 0 Å². The van der Waals surface area contributed by atoms with Crippen LogP contribution in [0.1, 0.15) is 0 Å². The molecule has 0 bridgehead atoms. The molecule has 0 aromatic carbocycles. The van der Waals surface area contributed by atoms with E-state index in [2.05, 4.69) is 15.0 Å². The highest BCUT2D eigenvalue weighted by Gasteiger charge is 1.75. The van der Waals surface area contributed by atoms with Gasteiger partial charge in [0.05, 0.1) is 0 Å².